The van der Waals surface area contributed by atoms with Crippen LogP contribution in [-0.2, 0) is 9.47 Å². The number of hydrogen-bond donors (Lipinski definition) is 1. The summed E-state index contributed by atoms with van der Waals surface area (Å²) in [5, 5.41) is 0. The van der Waals surface area contributed by atoms with Gasteiger partial charge in [0, 0.05) is 37.9 Å². The van der Waals surface area contributed by atoms with Gasteiger partial charge in [0.2, 0.25) is 0 Å². The number of methoxy groups -OCH3 is 1. The molecule has 0 aliphatic heterocycles. The van der Waals surface area contributed by atoms with Gasteiger partial charge in [0.15, 0.2) is 0 Å². The van der Waals surface area contributed by atoms with E-state index >= 15 is 0 Å². The number of hydrogen-bond acceptors (Lipinski definition) is 4. The minimum Gasteiger partial charge on any atom is -0.385 e. The third-order valence-electron chi connectivity index (χ3n) is 1.39. The lowest BCUT2D eigenvalue weighted by molar-refractivity contribution is 0.113. The van der Waals surface area contributed by atoms with Crippen LogP contribution in [0, 0.1) is 0 Å². The molecule has 2 N–H and O–H groups in total. The predicted octanol–water partition coefficient (Wildman–Crippen LogP) is 1.12. The van der Waals surface area contributed by atoms with Crippen LogP contribution in [0.25, 0.3) is 0 Å². The number of nitrogens with two attached hydrogens (primary N) is 1. The van der Waals surface area contributed by atoms with E-state index in [-0.39, 0.29) is 0 Å². The molecule has 0 bridgehead atoms. The zero-order valence-electron chi connectivity index (χ0n) is 8.62. The van der Waals surface area contributed by atoms with Gasteiger partial charge in [-0.25, -0.2) is 0 Å². The molecule has 80 valence electrons. The highest BCUT2D eigenvalue weighted by Crippen LogP contribution is 2.00. The van der Waals surface area contributed by atoms with Crippen LogP contribution in [-0.4, -0.2) is 44.5 Å². The average Bonchev–Trinajstić information content (AvgIpc) is 2.09. The summed E-state index contributed by atoms with van der Waals surface area (Å²) in [7, 11) is 1.71. The molecule has 1 atom stereocenters. The standard InChI is InChI=1S/C9H21NO2S/c1-9(10)8-13-7-6-12-5-3-4-11-2/h9H,3-8,10H2,1-2H3. The highest BCUT2D eigenvalue weighted by molar-refractivity contribution is 7.99. The molecule has 3 nitrogen and oxygen atoms in total. The van der Waals surface area contributed by atoms with Gasteiger partial charge in [-0.05, 0) is 13.3 Å². The van der Waals surface area contributed by atoms with Gasteiger partial charge in [-0.2, -0.15) is 11.8 Å². The minimum absolute atomic E-state index is 0.290. The fourth-order valence-corrected chi connectivity index (χ4v) is 1.57. The van der Waals surface area contributed by atoms with E-state index in [4.69, 9.17) is 15.2 Å². The first-order valence-corrected chi connectivity index (χ1v) is 5.83. The van der Waals surface area contributed by atoms with Crippen LogP contribution in [0.1, 0.15) is 13.3 Å². The lowest BCUT2D eigenvalue weighted by atomic mass is 10.4. The van der Waals surface area contributed by atoms with Crippen LogP contribution < -0.4 is 5.73 Å². The Morgan fingerprint density at radius 1 is 1.31 bits per heavy atom. The van der Waals surface area contributed by atoms with Crippen molar-refractivity contribution in [3.63, 3.8) is 0 Å². The highest BCUT2D eigenvalue weighted by atomic mass is 32.2. The van der Waals surface area contributed by atoms with Crippen molar-refractivity contribution < 1.29 is 9.47 Å². The van der Waals surface area contributed by atoms with Gasteiger partial charge in [-0.3, -0.25) is 0 Å². The Labute approximate surface area is 85.3 Å². The van der Waals surface area contributed by atoms with E-state index in [0.717, 1.165) is 37.7 Å². The fourth-order valence-electron chi connectivity index (χ4n) is 0.794. The van der Waals surface area contributed by atoms with Crippen molar-refractivity contribution in [3.8, 4) is 0 Å². The largest absolute Gasteiger partial charge is 0.385 e. The average molecular weight is 207 g/mol. The normalized spacial score (nSPS) is 13.2. The molecule has 0 saturated carbocycles. The molecule has 0 saturated heterocycles. The zero-order valence-corrected chi connectivity index (χ0v) is 9.44. The summed E-state index contributed by atoms with van der Waals surface area (Å²) in [4.78, 5) is 0. The smallest absolute Gasteiger partial charge is 0.0556 e. The van der Waals surface area contributed by atoms with Crippen LogP contribution >= 0.6 is 11.8 Å². The first-order chi connectivity index (χ1) is 6.27. The second kappa shape index (κ2) is 10.3. The van der Waals surface area contributed by atoms with E-state index in [1.54, 1.807) is 7.11 Å². The van der Waals surface area contributed by atoms with Crippen molar-refractivity contribution in [2.75, 3.05) is 38.4 Å². The topological polar surface area (TPSA) is 44.5 Å². The Morgan fingerprint density at radius 3 is 2.69 bits per heavy atom. The molecule has 0 aromatic carbocycles. The second-order valence-electron chi connectivity index (χ2n) is 3.01. The van der Waals surface area contributed by atoms with Crippen LogP contribution in [0.2, 0.25) is 0 Å². The molecule has 0 fully saturated rings. The maximum Gasteiger partial charge on any atom is 0.0556 e. The summed E-state index contributed by atoms with van der Waals surface area (Å²) in [5.74, 6) is 2.05. The van der Waals surface area contributed by atoms with Crippen molar-refractivity contribution in [2.24, 2.45) is 5.73 Å². The summed E-state index contributed by atoms with van der Waals surface area (Å²) in [6, 6.07) is 0.290. The highest BCUT2D eigenvalue weighted by Gasteiger charge is 1.94. The molecular formula is C9H21NO2S. The molecule has 0 aliphatic rings. The van der Waals surface area contributed by atoms with E-state index in [9.17, 15) is 0 Å². The molecule has 0 aliphatic carbocycles. The van der Waals surface area contributed by atoms with Gasteiger partial charge in [0.25, 0.3) is 0 Å². The Morgan fingerprint density at radius 2 is 2.08 bits per heavy atom. The summed E-state index contributed by atoms with van der Waals surface area (Å²) < 4.78 is 10.3. The summed E-state index contributed by atoms with van der Waals surface area (Å²) >= 11 is 1.84. The molecule has 0 radical (unpaired) electrons. The molecule has 4 heteroatoms. The zero-order chi connectivity index (χ0) is 9.94. The van der Waals surface area contributed by atoms with Gasteiger partial charge in [-0.15, -0.1) is 0 Å². The summed E-state index contributed by atoms with van der Waals surface area (Å²) in [6.45, 7) is 4.42. The minimum atomic E-state index is 0.290. The van der Waals surface area contributed by atoms with Crippen molar-refractivity contribution in [1.29, 1.82) is 0 Å². The summed E-state index contributed by atoms with van der Waals surface area (Å²) in [5.41, 5.74) is 5.59. The third kappa shape index (κ3) is 12.2. The van der Waals surface area contributed by atoms with E-state index in [1.807, 2.05) is 18.7 Å². The van der Waals surface area contributed by atoms with Crippen molar-refractivity contribution >= 4 is 11.8 Å². The third-order valence-corrected chi connectivity index (χ3v) is 2.61. The lowest BCUT2D eigenvalue weighted by Gasteiger charge is -2.05. The number of ether oxygens (including phenoxy) is 2. The monoisotopic (exact) mass is 207 g/mol. The van der Waals surface area contributed by atoms with Crippen molar-refractivity contribution in [1.82, 2.24) is 0 Å². The molecule has 0 heterocycles. The van der Waals surface area contributed by atoms with Crippen LogP contribution in [0.15, 0.2) is 0 Å². The van der Waals surface area contributed by atoms with Gasteiger partial charge in [0.1, 0.15) is 0 Å². The maximum absolute atomic E-state index is 5.59. The Bertz CT molecular complexity index is 102. The first kappa shape index (κ1) is 13.2. The fraction of sp³-hybridized carbons (Fsp3) is 1.00. The van der Waals surface area contributed by atoms with Crippen molar-refractivity contribution in [3.05, 3.63) is 0 Å². The number of thioether (sulfide) groups is 1. The Kier molecular flexibility index (Phi) is 10.5. The molecule has 0 aromatic heterocycles. The molecule has 0 amide bonds. The van der Waals surface area contributed by atoms with E-state index in [2.05, 4.69) is 0 Å². The Hall–Kier alpha value is 0.230. The first-order valence-electron chi connectivity index (χ1n) is 4.67. The molecule has 0 rings (SSSR count). The van der Waals surface area contributed by atoms with E-state index in [0.29, 0.717) is 6.04 Å². The number of rotatable bonds is 9. The van der Waals surface area contributed by atoms with Gasteiger partial charge < -0.3 is 15.2 Å². The lowest BCUT2D eigenvalue weighted by Crippen LogP contribution is -2.18. The van der Waals surface area contributed by atoms with E-state index in [1.165, 1.54) is 0 Å². The predicted molar refractivity (Wildman–Crippen MR) is 58.3 cm³/mol. The summed E-state index contributed by atoms with van der Waals surface area (Å²) in [6.07, 6.45) is 0.981. The molecule has 0 spiro atoms. The van der Waals surface area contributed by atoms with Crippen LogP contribution in [0.3, 0.4) is 0 Å². The second-order valence-corrected chi connectivity index (χ2v) is 4.16. The SMILES string of the molecule is COCCCOCCSCC(C)N. The maximum atomic E-state index is 5.59. The quantitative estimate of drug-likeness (QED) is 0.575. The Balaban J connectivity index is 2.84. The van der Waals surface area contributed by atoms with Crippen LogP contribution in [0.5, 0.6) is 0 Å². The molecular weight excluding hydrogens is 186 g/mol. The van der Waals surface area contributed by atoms with Crippen molar-refractivity contribution in [2.45, 2.75) is 19.4 Å². The van der Waals surface area contributed by atoms with Gasteiger partial charge in [0.05, 0.1) is 6.61 Å². The molecule has 13 heavy (non-hydrogen) atoms. The van der Waals surface area contributed by atoms with Gasteiger partial charge in [-0.1, -0.05) is 0 Å². The van der Waals surface area contributed by atoms with Gasteiger partial charge >= 0.3 is 0 Å². The molecule has 1 unspecified atom stereocenters. The van der Waals surface area contributed by atoms with Crippen LogP contribution in [0.4, 0.5) is 0 Å². The molecule has 0 aromatic rings. The van der Waals surface area contributed by atoms with E-state index < -0.39 is 0 Å².